The quantitative estimate of drug-likeness (QED) is 0.0222. The molecule has 0 saturated heterocycles. The summed E-state index contributed by atoms with van der Waals surface area (Å²) >= 11 is 0. The molecule has 558 valence electrons. The number of phosphoric acid groups is 2. The summed E-state index contributed by atoms with van der Waals surface area (Å²) in [6.45, 7) is 9.53. The normalized spacial score (nSPS) is 14.0. The average molecular weight is 1380 g/mol. The fraction of sp³-hybridized carbons (Fsp3) is 0.947. The van der Waals surface area contributed by atoms with Crippen molar-refractivity contribution in [2.24, 2.45) is 11.8 Å². The number of carbonyl (C=O) groups is 4. The van der Waals surface area contributed by atoms with Gasteiger partial charge in [-0.25, -0.2) is 9.13 Å². The van der Waals surface area contributed by atoms with Crippen molar-refractivity contribution in [2.75, 3.05) is 39.6 Å². The maximum Gasteiger partial charge on any atom is 0.472 e. The van der Waals surface area contributed by atoms with Crippen molar-refractivity contribution < 1.29 is 80.2 Å². The maximum absolute atomic E-state index is 13.1. The monoisotopic (exact) mass is 1380 g/mol. The molecule has 0 aliphatic carbocycles. The van der Waals surface area contributed by atoms with Gasteiger partial charge in [-0.1, -0.05) is 337 Å². The Kier molecular flexibility index (Phi) is 65.5. The van der Waals surface area contributed by atoms with Gasteiger partial charge < -0.3 is 33.8 Å². The Hall–Kier alpha value is -1.94. The van der Waals surface area contributed by atoms with Crippen LogP contribution in [0.3, 0.4) is 0 Å². The molecule has 0 aliphatic heterocycles. The Morgan fingerprint density at radius 1 is 0.287 bits per heavy atom. The molecule has 2 unspecified atom stereocenters. The van der Waals surface area contributed by atoms with Crippen LogP contribution in [0, 0.1) is 11.8 Å². The molecule has 0 amide bonds. The molecule has 0 saturated carbocycles. The van der Waals surface area contributed by atoms with Crippen molar-refractivity contribution in [1.29, 1.82) is 0 Å². The molecule has 0 heterocycles. The van der Waals surface area contributed by atoms with E-state index in [0.717, 1.165) is 102 Å². The van der Waals surface area contributed by atoms with Gasteiger partial charge in [-0.15, -0.1) is 0 Å². The van der Waals surface area contributed by atoms with Crippen molar-refractivity contribution in [3.8, 4) is 0 Å². The summed E-state index contributed by atoms with van der Waals surface area (Å²) in [6, 6.07) is 0. The van der Waals surface area contributed by atoms with Gasteiger partial charge in [0, 0.05) is 25.7 Å². The van der Waals surface area contributed by atoms with Gasteiger partial charge in [-0.05, 0) is 37.5 Å². The van der Waals surface area contributed by atoms with Crippen LogP contribution in [0.1, 0.15) is 388 Å². The number of hydrogen-bond acceptors (Lipinski definition) is 15. The summed E-state index contributed by atoms with van der Waals surface area (Å²) in [6.07, 6.45) is 54.4. The SMILES string of the molecule is CCCCCCCCCCCCCCCCCCCC(=O)OC[C@H](COP(=O)(O)OC[C@@H](O)COP(=O)(O)OC[C@@H](COC(=O)CCCCCCCCCC)OC(=O)CCCCCCCCCC(C)C)OC(=O)CCCCCCCCCCCCCCCCCCC(C)C. The molecular weight excluding hydrogens is 1230 g/mol. The van der Waals surface area contributed by atoms with E-state index in [1.807, 2.05) is 0 Å². The molecule has 19 heteroatoms. The molecule has 94 heavy (non-hydrogen) atoms. The second-order valence-corrected chi connectivity index (χ2v) is 30.9. The molecule has 0 aromatic rings. The van der Waals surface area contributed by atoms with E-state index in [4.69, 9.17) is 37.0 Å². The van der Waals surface area contributed by atoms with Crippen molar-refractivity contribution in [2.45, 2.75) is 407 Å². The van der Waals surface area contributed by atoms with Gasteiger partial charge in [0.25, 0.3) is 0 Å². The second kappa shape index (κ2) is 66.9. The Morgan fingerprint density at radius 2 is 0.489 bits per heavy atom. The van der Waals surface area contributed by atoms with E-state index in [0.29, 0.717) is 31.6 Å². The Balaban J connectivity index is 5.19. The first-order valence-corrected chi connectivity index (χ1v) is 42.0. The van der Waals surface area contributed by atoms with Gasteiger partial charge in [-0.2, -0.15) is 0 Å². The van der Waals surface area contributed by atoms with Crippen LogP contribution in [0.4, 0.5) is 0 Å². The van der Waals surface area contributed by atoms with E-state index in [2.05, 4.69) is 41.5 Å². The van der Waals surface area contributed by atoms with Gasteiger partial charge in [0.1, 0.15) is 19.3 Å². The molecule has 0 aliphatic rings. The first-order valence-electron chi connectivity index (χ1n) is 39.0. The smallest absolute Gasteiger partial charge is 0.462 e. The topological polar surface area (TPSA) is 237 Å². The molecule has 0 spiro atoms. The van der Waals surface area contributed by atoms with Gasteiger partial charge in [0.05, 0.1) is 26.4 Å². The van der Waals surface area contributed by atoms with Gasteiger partial charge in [0.15, 0.2) is 12.2 Å². The van der Waals surface area contributed by atoms with Crippen LogP contribution < -0.4 is 0 Å². The average Bonchev–Trinajstić information content (AvgIpc) is 1.49. The highest BCUT2D eigenvalue weighted by Gasteiger charge is 2.30. The van der Waals surface area contributed by atoms with Gasteiger partial charge >= 0.3 is 39.5 Å². The number of aliphatic hydroxyl groups is 1. The second-order valence-electron chi connectivity index (χ2n) is 28.0. The third kappa shape index (κ3) is 68.6. The summed E-state index contributed by atoms with van der Waals surface area (Å²) in [5.74, 6) is -0.617. The highest BCUT2D eigenvalue weighted by Crippen LogP contribution is 2.45. The lowest BCUT2D eigenvalue weighted by atomic mass is 10.0. The third-order valence-electron chi connectivity index (χ3n) is 17.5. The molecule has 0 rings (SSSR count). The molecule has 0 aromatic heterocycles. The van der Waals surface area contributed by atoms with E-state index in [1.54, 1.807) is 0 Å². The molecular formula is C75H146O17P2. The molecule has 0 aromatic carbocycles. The number of hydrogen-bond donors (Lipinski definition) is 3. The van der Waals surface area contributed by atoms with Crippen LogP contribution in [-0.2, 0) is 65.4 Å². The fourth-order valence-corrected chi connectivity index (χ4v) is 13.1. The van der Waals surface area contributed by atoms with E-state index < -0.39 is 97.5 Å². The minimum Gasteiger partial charge on any atom is -0.462 e. The van der Waals surface area contributed by atoms with E-state index in [1.165, 1.54) is 199 Å². The van der Waals surface area contributed by atoms with Crippen molar-refractivity contribution >= 4 is 39.5 Å². The molecule has 0 bridgehead atoms. The Bertz CT molecular complexity index is 1820. The zero-order valence-electron chi connectivity index (χ0n) is 61.3. The summed E-state index contributed by atoms with van der Waals surface area (Å²) in [5, 5.41) is 10.6. The summed E-state index contributed by atoms with van der Waals surface area (Å²) in [7, 11) is -9.90. The standard InChI is InChI=1S/C75H146O17P2/c1-7-9-11-13-15-17-18-19-20-21-25-28-31-34-40-46-52-58-73(78)86-64-70(91-74(79)59-53-47-41-35-32-29-26-23-22-24-27-30-33-37-43-49-55-67(3)4)65-89-93(81,82)87-61-69(76)62-88-94(83,84)90-66-71(63-85-72(77)57-51-45-39-16-14-12-10-8-2)92-75(80)60-54-48-42-36-38-44-50-56-68(5)6/h67-71,76H,7-66H2,1-6H3,(H,81,82)(H,83,84)/t69-,70-,71-/m1/s1. The molecule has 17 nitrogen and oxygen atoms in total. The van der Waals surface area contributed by atoms with Crippen LogP contribution in [-0.4, -0.2) is 96.7 Å². The van der Waals surface area contributed by atoms with Crippen LogP contribution in [0.25, 0.3) is 0 Å². The predicted molar refractivity (Wildman–Crippen MR) is 381 cm³/mol. The zero-order valence-corrected chi connectivity index (χ0v) is 63.1. The Labute approximate surface area is 575 Å². The summed E-state index contributed by atoms with van der Waals surface area (Å²) in [4.78, 5) is 72.6. The van der Waals surface area contributed by atoms with Crippen molar-refractivity contribution in [1.82, 2.24) is 0 Å². The lowest BCUT2D eigenvalue weighted by Gasteiger charge is -2.21. The fourth-order valence-electron chi connectivity index (χ4n) is 11.5. The number of carbonyl (C=O) groups excluding carboxylic acids is 4. The molecule has 0 radical (unpaired) electrons. The predicted octanol–water partition coefficient (Wildman–Crippen LogP) is 21.9. The highest BCUT2D eigenvalue weighted by molar-refractivity contribution is 7.47. The highest BCUT2D eigenvalue weighted by atomic mass is 31.2. The number of unbranched alkanes of at least 4 members (excludes halogenated alkanes) is 44. The number of aliphatic hydroxyl groups excluding tert-OH is 1. The first-order chi connectivity index (χ1) is 45.4. The number of rotatable bonds is 74. The Morgan fingerprint density at radius 3 is 0.723 bits per heavy atom. The number of esters is 4. The van der Waals surface area contributed by atoms with Crippen LogP contribution in [0.15, 0.2) is 0 Å². The lowest BCUT2D eigenvalue weighted by molar-refractivity contribution is -0.161. The summed E-state index contributed by atoms with van der Waals surface area (Å²) < 4.78 is 68.4. The largest absolute Gasteiger partial charge is 0.472 e. The zero-order chi connectivity index (χ0) is 69.3. The lowest BCUT2D eigenvalue weighted by Crippen LogP contribution is -2.30. The van der Waals surface area contributed by atoms with Gasteiger partial charge in [0.2, 0.25) is 0 Å². The minimum atomic E-state index is -4.96. The summed E-state index contributed by atoms with van der Waals surface area (Å²) in [5.41, 5.74) is 0. The van der Waals surface area contributed by atoms with Gasteiger partial charge in [-0.3, -0.25) is 37.3 Å². The van der Waals surface area contributed by atoms with E-state index in [9.17, 15) is 43.2 Å². The number of phosphoric ester groups is 2. The van der Waals surface area contributed by atoms with Crippen molar-refractivity contribution in [3.63, 3.8) is 0 Å². The molecule has 0 fully saturated rings. The number of ether oxygens (including phenoxy) is 4. The minimum absolute atomic E-state index is 0.103. The third-order valence-corrected chi connectivity index (χ3v) is 19.4. The van der Waals surface area contributed by atoms with Crippen LogP contribution in [0.2, 0.25) is 0 Å². The van der Waals surface area contributed by atoms with E-state index >= 15 is 0 Å². The van der Waals surface area contributed by atoms with Crippen LogP contribution >= 0.6 is 15.6 Å². The van der Waals surface area contributed by atoms with Crippen LogP contribution in [0.5, 0.6) is 0 Å². The molecule has 3 N–H and O–H groups in total. The maximum atomic E-state index is 13.1. The van der Waals surface area contributed by atoms with E-state index in [-0.39, 0.29) is 25.7 Å². The van der Waals surface area contributed by atoms with Crippen molar-refractivity contribution in [3.05, 3.63) is 0 Å². The molecule has 5 atom stereocenters. The first kappa shape index (κ1) is 92.1.